The Kier molecular flexibility index (Phi) is 6.84. The van der Waals surface area contributed by atoms with Gasteiger partial charge >= 0.3 is 6.18 Å². The van der Waals surface area contributed by atoms with Gasteiger partial charge in [-0.2, -0.15) is 18.3 Å². The Morgan fingerprint density at radius 1 is 1.33 bits per heavy atom. The van der Waals surface area contributed by atoms with Crippen molar-refractivity contribution in [2.24, 2.45) is 7.05 Å². The van der Waals surface area contributed by atoms with Gasteiger partial charge in [0.05, 0.1) is 16.0 Å². The zero-order chi connectivity index (χ0) is 18.9. The smallest absolute Gasteiger partial charge is 0.315 e. The number of alkyl halides is 3. The van der Waals surface area contributed by atoms with E-state index in [-0.39, 0.29) is 34.6 Å². The van der Waals surface area contributed by atoms with Crippen LogP contribution >= 0.6 is 35.5 Å². The van der Waals surface area contributed by atoms with E-state index in [9.17, 15) is 18.0 Å². The van der Waals surface area contributed by atoms with Crippen LogP contribution in [0.2, 0.25) is 0 Å². The van der Waals surface area contributed by atoms with Gasteiger partial charge in [0.25, 0.3) is 0 Å². The molecule has 27 heavy (non-hydrogen) atoms. The van der Waals surface area contributed by atoms with Gasteiger partial charge < -0.3 is 5.32 Å². The van der Waals surface area contributed by atoms with E-state index in [1.54, 1.807) is 19.3 Å². The van der Waals surface area contributed by atoms with E-state index in [1.165, 1.54) is 16.0 Å². The molecule has 0 spiro atoms. The molecule has 0 fully saturated rings. The van der Waals surface area contributed by atoms with Crippen molar-refractivity contribution >= 4 is 52.3 Å². The Hall–Kier alpha value is -1.69. The van der Waals surface area contributed by atoms with Gasteiger partial charge in [0.1, 0.15) is 5.03 Å². The number of carbonyl (C=O) groups excluding carboxylic acids is 1. The summed E-state index contributed by atoms with van der Waals surface area (Å²) in [5.41, 5.74) is -0.0443. The van der Waals surface area contributed by atoms with Crippen LogP contribution in [0, 0.1) is 0 Å². The predicted octanol–water partition coefficient (Wildman–Crippen LogP) is 3.56. The number of hydrogen-bond donors (Lipinski definition) is 1. The lowest BCUT2D eigenvalue weighted by Crippen LogP contribution is -2.12. The van der Waals surface area contributed by atoms with Crippen LogP contribution in [0.3, 0.4) is 0 Å². The Balaban J connectivity index is 0.00000261. The number of ketones is 1. The first-order chi connectivity index (χ1) is 12.3. The fourth-order valence-corrected chi connectivity index (χ4v) is 4.15. The van der Waals surface area contributed by atoms with Crippen molar-refractivity contribution in [3.05, 3.63) is 33.9 Å². The van der Waals surface area contributed by atoms with Gasteiger partial charge in [0.2, 0.25) is 5.82 Å². The molecule has 0 unspecified atom stereocenters. The summed E-state index contributed by atoms with van der Waals surface area (Å²) in [6.07, 6.45) is -3.14. The topological polar surface area (TPSA) is 72.7 Å². The van der Waals surface area contributed by atoms with Crippen LogP contribution in [0.5, 0.6) is 0 Å². The monoisotopic (exact) mass is 437 g/mol. The highest BCUT2D eigenvalue weighted by molar-refractivity contribution is 8.00. The fourth-order valence-electron chi connectivity index (χ4n) is 2.23. The molecule has 0 aliphatic rings. The Labute approximate surface area is 167 Å². The number of thiophene rings is 1. The zero-order valence-corrected chi connectivity index (χ0v) is 16.7. The summed E-state index contributed by atoms with van der Waals surface area (Å²) in [6.45, 7) is 0.655. The summed E-state index contributed by atoms with van der Waals surface area (Å²) < 4.78 is 40.4. The summed E-state index contributed by atoms with van der Waals surface area (Å²) >= 11 is 2.32. The third-order valence-electron chi connectivity index (χ3n) is 3.34. The minimum absolute atomic E-state index is 0. The molecule has 3 heterocycles. The summed E-state index contributed by atoms with van der Waals surface area (Å²) in [6, 6.07) is 3.58. The predicted molar refractivity (Wildman–Crippen MR) is 101 cm³/mol. The fraction of sp³-hybridized carbons (Fsp3) is 0.333. The van der Waals surface area contributed by atoms with E-state index in [4.69, 9.17) is 0 Å². The first kappa shape index (κ1) is 21.6. The Morgan fingerprint density at radius 3 is 2.74 bits per heavy atom. The van der Waals surface area contributed by atoms with Crippen molar-refractivity contribution in [2.45, 2.75) is 17.7 Å². The summed E-state index contributed by atoms with van der Waals surface area (Å²) in [5, 5.41) is 7.40. The highest BCUT2D eigenvalue weighted by atomic mass is 35.5. The summed E-state index contributed by atoms with van der Waals surface area (Å²) in [4.78, 5) is 21.0. The van der Waals surface area contributed by atoms with Gasteiger partial charge in [0, 0.05) is 24.7 Å². The minimum Gasteiger partial charge on any atom is -0.315 e. The average Bonchev–Trinajstić information content (AvgIpc) is 3.17. The lowest BCUT2D eigenvalue weighted by atomic mass is 10.3. The van der Waals surface area contributed by atoms with Crippen LogP contribution in [-0.4, -0.2) is 38.3 Å². The third-order valence-corrected chi connectivity index (χ3v) is 5.46. The van der Waals surface area contributed by atoms with Crippen LogP contribution < -0.4 is 5.32 Å². The molecule has 3 aromatic rings. The second-order valence-electron chi connectivity index (χ2n) is 5.40. The van der Waals surface area contributed by atoms with Gasteiger partial charge in [-0.3, -0.25) is 9.48 Å². The number of thioether (sulfide) groups is 1. The highest BCUT2D eigenvalue weighted by Crippen LogP contribution is 2.32. The first-order valence-corrected chi connectivity index (χ1v) is 9.26. The van der Waals surface area contributed by atoms with Gasteiger partial charge in [-0.1, -0.05) is 11.8 Å². The molecule has 0 radical (unpaired) electrons. The normalized spacial score (nSPS) is 11.6. The van der Waals surface area contributed by atoms with Crippen molar-refractivity contribution in [3.8, 4) is 0 Å². The maximum Gasteiger partial charge on any atom is 0.451 e. The number of aromatic nitrogens is 4. The molecule has 0 saturated carbocycles. The maximum absolute atomic E-state index is 13.0. The molecule has 0 saturated heterocycles. The maximum atomic E-state index is 13.0. The number of aryl methyl sites for hydroxylation is 1. The minimum atomic E-state index is -4.68. The van der Waals surface area contributed by atoms with Crippen LogP contribution in [0.1, 0.15) is 20.4 Å². The van der Waals surface area contributed by atoms with E-state index < -0.39 is 12.0 Å². The van der Waals surface area contributed by atoms with Crippen LogP contribution in [0.4, 0.5) is 13.2 Å². The molecule has 3 aromatic heterocycles. The van der Waals surface area contributed by atoms with Gasteiger partial charge in [-0.25, -0.2) is 9.97 Å². The lowest BCUT2D eigenvalue weighted by Gasteiger charge is -2.07. The van der Waals surface area contributed by atoms with Gasteiger partial charge in [0.15, 0.2) is 11.4 Å². The molecule has 0 aromatic carbocycles. The first-order valence-electron chi connectivity index (χ1n) is 7.46. The molecule has 0 aliphatic heterocycles. The summed E-state index contributed by atoms with van der Waals surface area (Å²) in [5.74, 6) is -1.43. The average molecular weight is 438 g/mol. The van der Waals surface area contributed by atoms with E-state index in [0.717, 1.165) is 16.6 Å². The molecular weight excluding hydrogens is 423 g/mol. The number of hydrogen-bond acceptors (Lipinski definition) is 7. The standard InChI is InChI=1S/C15H14F3N5OS2.ClH/c1-19-5-8-3-4-11(26-8)10(24)7-25-13-9-6-23(2)22-12(9)20-14(21-13)15(16,17)18;/h3-4,6,19H,5,7H2,1-2H3;1H. The molecule has 0 bridgehead atoms. The second kappa shape index (κ2) is 8.55. The lowest BCUT2D eigenvalue weighted by molar-refractivity contribution is -0.145. The number of rotatable bonds is 6. The number of nitrogens with zero attached hydrogens (tertiary/aromatic N) is 4. The number of carbonyl (C=O) groups is 1. The molecule has 1 N–H and O–H groups in total. The van der Waals surface area contributed by atoms with Crippen molar-refractivity contribution in [3.63, 3.8) is 0 Å². The quantitative estimate of drug-likeness (QED) is 0.361. The van der Waals surface area contributed by atoms with E-state index >= 15 is 0 Å². The van der Waals surface area contributed by atoms with E-state index in [0.29, 0.717) is 16.8 Å². The van der Waals surface area contributed by atoms with E-state index in [1.807, 2.05) is 13.1 Å². The molecular formula is C15H15ClF3N5OS2. The van der Waals surface area contributed by atoms with Crippen molar-refractivity contribution < 1.29 is 18.0 Å². The zero-order valence-electron chi connectivity index (χ0n) is 14.2. The van der Waals surface area contributed by atoms with E-state index in [2.05, 4.69) is 20.4 Å². The largest absolute Gasteiger partial charge is 0.451 e. The van der Waals surface area contributed by atoms with Crippen molar-refractivity contribution in [1.29, 1.82) is 0 Å². The molecule has 3 rings (SSSR count). The molecule has 0 atom stereocenters. The molecule has 6 nitrogen and oxygen atoms in total. The summed E-state index contributed by atoms with van der Waals surface area (Å²) in [7, 11) is 3.40. The molecule has 12 heteroatoms. The van der Waals surface area contributed by atoms with Gasteiger partial charge in [-0.05, 0) is 19.2 Å². The van der Waals surface area contributed by atoms with Crippen molar-refractivity contribution in [2.75, 3.05) is 12.8 Å². The number of nitrogens with one attached hydrogen (secondary N) is 1. The van der Waals surface area contributed by atoms with Gasteiger partial charge in [-0.15, -0.1) is 23.7 Å². The SMILES string of the molecule is CNCc1ccc(C(=O)CSc2nc(C(F)(F)F)nc3nn(C)cc23)s1.Cl. The van der Waals surface area contributed by atoms with Crippen molar-refractivity contribution in [1.82, 2.24) is 25.1 Å². The van der Waals surface area contributed by atoms with Crippen LogP contribution in [0.15, 0.2) is 23.4 Å². The van der Waals surface area contributed by atoms with Crippen LogP contribution in [0.25, 0.3) is 11.0 Å². The third kappa shape index (κ3) is 4.98. The highest BCUT2D eigenvalue weighted by Gasteiger charge is 2.36. The molecule has 0 amide bonds. The second-order valence-corrected chi connectivity index (χ2v) is 7.53. The molecule has 146 valence electrons. The number of fused-ring (bicyclic) bond motifs is 1. The molecule has 0 aliphatic carbocycles. The Bertz CT molecular complexity index is 957. The van der Waals surface area contributed by atoms with Crippen LogP contribution in [-0.2, 0) is 19.8 Å². The number of halogens is 4. The number of Topliss-reactive ketones (excluding diaryl/α,β-unsaturated/α-hetero) is 1. The Morgan fingerprint density at radius 2 is 2.07 bits per heavy atom.